The van der Waals surface area contributed by atoms with Crippen LogP contribution in [0.25, 0.3) is 0 Å². The van der Waals surface area contributed by atoms with Crippen LogP contribution in [0.5, 0.6) is 5.75 Å². The summed E-state index contributed by atoms with van der Waals surface area (Å²) in [7, 11) is 0. The number of anilines is 1. The zero-order valence-corrected chi connectivity index (χ0v) is 14.0. The maximum atomic E-state index is 12.3. The van der Waals surface area contributed by atoms with Gasteiger partial charge in [0.2, 0.25) is 5.91 Å². The number of carbonyl (C=O) groups is 2. The monoisotopic (exact) mass is 339 g/mol. The van der Waals surface area contributed by atoms with Crippen molar-refractivity contribution in [3.63, 3.8) is 0 Å². The lowest BCUT2D eigenvalue weighted by molar-refractivity contribution is -0.132. The van der Waals surface area contributed by atoms with E-state index in [1.54, 1.807) is 4.90 Å². The van der Waals surface area contributed by atoms with Gasteiger partial charge in [0.05, 0.1) is 5.69 Å². The summed E-state index contributed by atoms with van der Waals surface area (Å²) in [6.07, 6.45) is 0.340. The van der Waals surface area contributed by atoms with Crippen molar-refractivity contribution in [3.8, 4) is 5.75 Å². The van der Waals surface area contributed by atoms with Crippen LogP contribution in [0.15, 0.2) is 24.3 Å². The lowest BCUT2D eigenvalue weighted by atomic mass is 10.2. The molecule has 23 heavy (non-hydrogen) atoms. The van der Waals surface area contributed by atoms with Gasteiger partial charge in [0.15, 0.2) is 6.61 Å². The molecule has 0 spiro atoms. The molecular weight excluding hydrogens is 318 g/mol. The Hall–Kier alpha value is -1.79. The van der Waals surface area contributed by atoms with E-state index in [9.17, 15) is 9.59 Å². The van der Waals surface area contributed by atoms with E-state index in [2.05, 4.69) is 12.2 Å². The fraction of sp³-hybridized carbons (Fsp3) is 0.500. The Labute approximate surface area is 142 Å². The van der Waals surface area contributed by atoms with E-state index in [1.807, 2.05) is 29.2 Å². The molecule has 3 rings (SSSR count). The van der Waals surface area contributed by atoms with Crippen molar-refractivity contribution < 1.29 is 14.3 Å². The average Bonchev–Trinajstić information content (AvgIpc) is 2.53. The van der Waals surface area contributed by atoms with Gasteiger partial charge in [-0.2, -0.15) is 0 Å². The van der Waals surface area contributed by atoms with Crippen LogP contribution in [0.4, 0.5) is 5.69 Å². The van der Waals surface area contributed by atoms with Gasteiger partial charge in [0, 0.05) is 38.6 Å². The fourth-order valence-corrected chi connectivity index (χ4v) is 2.92. The number of carbonyl (C=O) groups excluding carboxylic acids is 2. The highest BCUT2D eigenvalue weighted by molar-refractivity contribution is 5.98. The fourth-order valence-electron chi connectivity index (χ4n) is 2.92. The third-order valence-corrected chi connectivity index (χ3v) is 4.08. The van der Waals surface area contributed by atoms with Crippen molar-refractivity contribution in [2.45, 2.75) is 19.4 Å². The summed E-state index contributed by atoms with van der Waals surface area (Å²) < 4.78 is 5.41. The van der Waals surface area contributed by atoms with Crippen molar-refractivity contribution in [3.05, 3.63) is 24.3 Å². The molecule has 126 valence electrons. The van der Waals surface area contributed by atoms with Crippen LogP contribution in [0.3, 0.4) is 0 Å². The second kappa shape index (κ2) is 7.66. The largest absolute Gasteiger partial charge is 0.482 e. The number of nitrogens with one attached hydrogen (secondary N) is 1. The first-order valence-corrected chi connectivity index (χ1v) is 7.68. The third-order valence-electron chi connectivity index (χ3n) is 4.08. The summed E-state index contributed by atoms with van der Waals surface area (Å²) in [6, 6.07) is 7.76. The summed E-state index contributed by atoms with van der Waals surface area (Å²) in [5, 5.41) is 3.32. The summed E-state index contributed by atoms with van der Waals surface area (Å²) in [5.74, 6) is 0.704. The first kappa shape index (κ1) is 17.6. The predicted molar refractivity (Wildman–Crippen MR) is 90.2 cm³/mol. The first-order chi connectivity index (χ1) is 10.6. The van der Waals surface area contributed by atoms with E-state index in [-0.39, 0.29) is 30.8 Å². The molecule has 1 aromatic rings. The second-order valence-electron chi connectivity index (χ2n) is 5.75. The van der Waals surface area contributed by atoms with Gasteiger partial charge in [-0.15, -0.1) is 12.4 Å². The molecule has 0 aliphatic carbocycles. The van der Waals surface area contributed by atoms with Gasteiger partial charge >= 0.3 is 0 Å². The predicted octanol–water partition coefficient (Wildman–Crippen LogP) is 1.04. The Kier molecular flexibility index (Phi) is 5.85. The number of fused-ring (bicyclic) bond motifs is 1. The molecule has 2 amide bonds. The number of hydrogen-bond donors (Lipinski definition) is 1. The molecule has 0 saturated carbocycles. The maximum Gasteiger partial charge on any atom is 0.265 e. The molecule has 1 unspecified atom stereocenters. The number of piperazine rings is 1. The van der Waals surface area contributed by atoms with Crippen LogP contribution in [0.2, 0.25) is 0 Å². The van der Waals surface area contributed by atoms with E-state index in [4.69, 9.17) is 4.74 Å². The molecule has 1 aromatic carbocycles. The van der Waals surface area contributed by atoms with Crippen LogP contribution >= 0.6 is 12.4 Å². The second-order valence-corrected chi connectivity index (χ2v) is 5.75. The molecule has 1 saturated heterocycles. The Morgan fingerprint density at radius 2 is 2.17 bits per heavy atom. The first-order valence-electron chi connectivity index (χ1n) is 7.68. The quantitative estimate of drug-likeness (QED) is 0.894. The van der Waals surface area contributed by atoms with E-state index in [1.165, 1.54) is 0 Å². The number of benzene rings is 1. The Morgan fingerprint density at radius 3 is 2.96 bits per heavy atom. The van der Waals surface area contributed by atoms with Crippen LogP contribution < -0.4 is 15.0 Å². The maximum absolute atomic E-state index is 12.3. The number of amides is 2. The van der Waals surface area contributed by atoms with Gasteiger partial charge in [-0.05, 0) is 19.1 Å². The minimum atomic E-state index is -0.0971. The van der Waals surface area contributed by atoms with E-state index in [0.29, 0.717) is 24.8 Å². The van der Waals surface area contributed by atoms with E-state index in [0.717, 1.165) is 25.3 Å². The minimum Gasteiger partial charge on any atom is -0.482 e. The molecule has 0 bridgehead atoms. The van der Waals surface area contributed by atoms with E-state index >= 15 is 0 Å². The highest BCUT2D eigenvalue weighted by atomic mass is 35.5. The lowest BCUT2D eigenvalue weighted by Gasteiger charge is -2.33. The Balaban J connectivity index is 0.00000192. The summed E-state index contributed by atoms with van der Waals surface area (Å²) in [6.45, 7) is 4.79. The molecule has 1 N–H and O–H groups in total. The van der Waals surface area contributed by atoms with Gasteiger partial charge in [0.25, 0.3) is 5.91 Å². The number of nitrogens with zero attached hydrogens (tertiary/aromatic N) is 2. The Bertz CT molecular complexity index is 581. The molecule has 2 heterocycles. The van der Waals surface area contributed by atoms with Crippen molar-refractivity contribution >= 4 is 29.9 Å². The van der Waals surface area contributed by atoms with Crippen LogP contribution in [-0.4, -0.2) is 55.5 Å². The molecule has 1 fully saturated rings. The summed E-state index contributed by atoms with van der Waals surface area (Å²) in [5.41, 5.74) is 0.750. The number of rotatable bonds is 3. The molecule has 7 heteroatoms. The zero-order chi connectivity index (χ0) is 15.5. The third kappa shape index (κ3) is 3.95. The van der Waals surface area contributed by atoms with Crippen LogP contribution in [0, 0.1) is 0 Å². The standard InChI is InChI=1S/C16H21N3O3.ClH/c1-12-10-18(9-7-17-12)15(20)6-8-19-13-4-2-3-5-14(13)22-11-16(19)21;/h2-5,12,17H,6-11H2,1H3;1H. The smallest absolute Gasteiger partial charge is 0.265 e. The highest BCUT2D eigenvalue weighted by Crippen LogP contribution is 2.31. The number of para-hydroxylation sites is 2. The molecule has 1 atom stereocenters. The molecule has 6 nitrogen and oxygen atoms in total. The topological polar surface area (TPSA) is 61.9 Å². The normalized spacial score (nSPS) is 20.4. The number of hydrogen-bond acceptors (Lipinski definition) is 4. The van der Waals surface area contributed by atoms with Gasteiger partial charge in [-0.3, -0.25) is 9.59 Å². The van der Waals surface area contributed by atoms with Crippen LogP contribution in [0.1, 0.15) is 13.3 Å². The van der Waals surface area contributed by atoms with Crippen molar-refractivity contribution in [2.24, 2.45) is 0 Å². The van der Waals surface area contributed by atoms with Gasteiger partial charge < -0.3 is 19.9 Å². The van der Waals surface area contributed by atoms with Gasteiger partial charge in [-0.1, -0.05) is 12.1 Å². The van der Waals surface area contributed by atoms with Crippen molar-refractivity contribution in [1.29, 1.82) is 0 Å². The van der Waals surface area contributed by atoms with Gasteiger partial charge in [-0.25, -0.2) is 0 Å². The number of ether oxygens (including phenoxy) is 1. The lowest BCUT2D eigenvalue weighted by Crippen LogP contribution is -2.52. The zero-order valence-electron chi connectivity index (χ0n) is 13.2. The van der Waals surface area contributed by atoms with Crippen molar-refractivity contribution in [2.75, 3.05) is 37.7 Å². The van der Waals surface area contributed by atoms with Crippen molar-refractivity contribution in [1.82, 2.24) is 10.2 Å². The number of halogens is 1. The molecule has 0 radical (unpaired) electrons. The SMILES string of the molecule is CC1CN(C(=O)CCN2C(=O)COc3ccccc32)CCN1.Cl. The Morgan fingerprint density at radius 1 is 1.39 bits per heavy atom. The van der Waals surface area contributed by atoms with E-state index < -0.39 is 0 Å². The molecule has 0 aromatic heterocycles. The molecular formula is C16H22ClN3O3. The average molecular weight is 340 g/mol. The summed E-state index contributed by atoms with van der Waals surface area (Å²) in [4.78, 5) is 27.9. The molecule has 2 aliphatic heterocycles. The molecule has 2 aliphatic rings. The minimum absolute atomic E-state index is 0. The van der Waals surface area contributed by atoms with Crippen LogP contribution in [-0.2, 0) is 9.59 Å². The highest BCUT2D eigenvalue weighted by Gasteiger charge is 2.27. The van der Waals surface area contributed by atoms with Gasteiger partial charge in [0.1, 0.15) is 5.75 Å². The summed E-state index contributed by atoms with van der Waals surface area (Å²) >= 11 is 0.